The Morgan fingerprint density at radius 3 is 2.78 bits per heavy atom. The fourth-order valence-corrected chi connectivity index (χ4v) is 2.86. The van der Waals surface area contributed by atoms with Crippen LogP contribution in [0, 0.1) is 0 Å². The first-order chi connectivity index (χ1) is 8.75. The normalized spacial score (nSPS) is 24.9. The van der Waals surface area contributed by atoms with Crippen LogP contribution in [0.1, 0.15) is 48.6 Å². The number of hydrogen-bond acceptors (Lipinski definition) is 2. The molecule has 3 rings (SSSR count). The highest BCUT2D eigenvalue weighted by atomic mass is 16.3. The average molecular weight is 248 g/mol. The molecule has 0 aromatic carbocycles. The van der Waals surface area contributed by atoms with Crippen molar-refractivity contribution in [3.05, 3.63) is 24.0 Å². The number of likely N-dealkylation sites (tertiary alicyclic amines) is 1. The van der Waals surface area contributed by atoms with Gasteiger partial charge in [-0.2, -0.15) is 0 Å². The van der Waals surface area contributed by atoms with Gasteiger partial charge in [0.1, 0.15) is 5.69 Å². The summed E-state index contributed by atoms with van der Waals surface area (Å²) in [5, 5.41) is 9.66. The van der Waals surface area contributed by atoms with Gasteiger partial charge in [-0.05, 0) is 44.2 Å². The van der Waals surface area contributed by atoms with E-state index in [1.807, 2.05) is 18.3 Å². The third-order valence-electron chi connectivity index (χ3n) is 4.15. The third-order valence-corrected chi connectivity index (χ3v) is 4.15. The molecule has 1 saturated heterocycles. The Bertz CT molecular complexity index is 437. The minimum Gasteiger partial charge on any atom is -0.391 e. The standard InChI is InChI=1S/C14H20N2O2/c17-12-6-2-8-15(10-12)14(18)13-7-3-9-16(13)11-4-1-5-11/h3,7,9,11-12,17H,1-2,4-6,8,10H2/t12-/m0/s1. The maximum Gasteiger partial charge on any atom is 0.270 e. The largest absolute Gasteiger partial charge is 0.391 e. The molecule has 98 valence electrons. The Balaban J connectivity index is 1.77. The van der Waals surface area contributed by atoms with Gasteiger partial charge in [0.2, 0.25) is 0 Å². The molecule has 0 unspecified atom stereocenters. The number of aliphatic hydroxyl groups excluding tert-OH is 1. The van der Waals surface area contributed by atoms with E-state index in [9.17, 15) is 9.90 Å². The summed E-state index contributed by atoms with van der Waals surface area (Å²) in [6.07, 6.45) is 6.99. The number of amides is 1. The molecule has 1 amide bonds. The Labute approximate surface area is 107 Å². The van der Waals surface area contributed by atoms with Crippen LogP contribution in [0.25, 0.3) is 0 Å². The number of carbonyl (C=O) groups excluding carboxylic acids is 1. The maximum absolute atomic E-state index is 12.5. The second-order valence-corrected chi connectivity index (χ2v) is 5.43. The van der Waals surface area contributed by atoms with E-state index in [-0.39, 0.29) is 12.0 Å². The van der Waals surface area contributed by atoms with Crippen LogP contribution in [0.15, 0.2) is 18.3 Å². The van der Waals surface area contributed by atoms with Crippen molar-refractivity contribution in [2.75, 3.05) is 13.1 Å². The molecule has 1 aliphatic carbocycles. The Morgan fingerprint density at radius 2 is 2.11 bits per heavy atom. The first-order valence-corrected chi connectivity index (χ1v) is 6.90. The molecular weight excluding hydrogens is 228 g/mol. The van der Waals surface area contributed by atoms with Crippen molar-refractivity contribution in [3.63, 3.8) is 0 Å². The highest BCUT2D eigenvalue weighted by molar-refractivity contribution is 5.93. The lowest BCUT2D eigenvalue weighted by atomic mass is 9.92. The Kier molecular flexibility index (Phi) is 3.12. The molecule has 1 aromatic heterocycles. The second kappa shape index (κ2) is 4.76. The molecule has 1 aromatic rings. The molecule has 2 aliphatic rings. The zero-order valence-electron chi connectivity index (χ0n) is 10.6. The van der Waals surface area contributed by atoms with Crippen LogP contribution in [-0.2, 0) is 0 Å². The van der Waals surface area contributed by atoms with Crippen molar-refractivity contribution in [1.82, 2.24) is 9.47 Å². The van der Waals surface area contributed by atoms with Crippen LogP contribution < -0.4 is 0 Å². The van der Waals surface area contributed by atoms with E-state index in [0.29, 0.717) is 12.6 Å². The zero-order valence-corrected chi connectivity index (χ0v) is 10.6. The van der Waals surface area contributed by atoms with Crippen LogP contribution in [0.4, 0.5) is 0 Å². The van der Waals surface area contributed by atoms with Gasteiger partial charge in [0.05, 0.1) is 6.10 Å². The van der Waals surface area contributed by atoms with Crippen molar-refractivity contribution in [3.8, 4) is 0 Å². The van der Waals surface area contributed by atoms with Gasteiger partial charge >= 0.3 is 0 Å². The fourth-order valence-electron chi connectivity index (χ4n) is 2.86. The van der Waals surface area contributed by atoms with Gasteiger partial charge in [0, 0.05) is 25.3 Å². The molecule has 4 heteroatoms. The minimum atomic E-state index is -0.352. The number of carbonyl (C=O) groups is 1. The lowest BCUT2D eigenvalue weighted by molar-refractivity contribution is 0.0461. The van der Waals surface area contributed by atoms with Gasteiger partial charge in [0.15, 0.2) is 0 Å². The number of piperidine rings is 1. The van der Waals surface area contributed by atoms with E-state index in [1.165, 1.54) is 19.3 Å². The zero-order chi connectivity index (χ0) is 12.5. The molecule has 2 fully saturated rings. The summed E-state index contributed by atoms with van der Waals surface area (Å²) in [5.74, 6) is 0.0747. The van der Waals surface area contributed by atoms with Gasteiger partial charge in [0.25, 0.3) is 5.91 Å². The topological polar surface area (TPSA) is 45.5 Å². The summed E-state index contributed by atoms with van der Waals surface area (Å²) in [7, 11) is 0. The molecule has 18 heavy (non-hydrogen) atoms. The van der Waals surface area contributed by atoms with E-state index in [4.69, 9.17) is 0 Å². The lowest BCUT2D eigenvalue weighted by Crippen LogP contribution is -2.43. The highest BCUT2D eigenvalue weighted by Gasteiger charge is 2.28. The molecule has 4 nitrogen and oxygen atoms in total. The summed E-state index contributed by atoms with van der Waals surface area (Å²) in [4.78, 5) is 14.3. The second-order valence-electron chi connectivity index (χ2n) is 5.43. The first kappa shape index (κ1) is 11.8. The SMILES string of the molecule is O=C(c1cccn1C1CCC1)N1CCC[C@H](O)C1. The summed E-state index contributed by atoms with van der Waals surface area (Å²) in [6.45, 7) is 1.25. The summed E-state index contributed by atoms with van der Waals surface area (Å²) < 4.78 is 2.12. The van der Waals surface area contributed by atoms with Crippen LogP contribution in [0.5, 0.6) is 0 Å². The predicted octanol–water partition coefficient (Wildman–Crippen LogP) is 1.81. The molecule has 1 N–H and O–H groups in total. The molecule has 0 bridgehead atoms. The smallest absolute Gasteiger partial charge is 0.270 e. The van der Waals surface area contributed by atoms with Crippen molar-refractivity contribution in [2.24, 2.45) is 0 Å². The van der Waals surface area contributed by atoms with E-state index < -0.39 is 0 Å². The molecular formula is C14H20N2O2. The van der Waals surface area contributed by atoms with Gasteiger partial charge in [-0.15, -0.1) is 0 Å². The molecule has 2 heterocycles. The average Bonchev–Trinajstić information content (AvgIpc) is 2.74. The summed E-state index contributed by atoms with van der Waals surface area (Å²) in [5.41, 5.74) is 0.786. The molecule has 0 spiro atoms. The summed E-state index contributed by atoms with van der Waals surface area (Å²) in [6, 6.07) is 4.36. The molecule has 1 aliphatic heterocycles. The van der Waals surface area contributed by atoms with Crippen molar-refractivity contribution < 1.29 is 9.90 Å². The number of aliphatic hydroxyl groups is 1. The molecule has 1 saturated carbocycles. The predicted molar refractivity (Wildman–Crippen MR) is 68.5 cm³/mol. The molecule has 0 radical (unpaired) electrons. The van der Waals surface area contributed by atoms with Crippen molar-refractivity contribution in [2.45, 2.75) is 44.2 Å². The highest BCUT2D eigenvalue weighted by Crippen LogP contribution is 2.33. The van der Waals surface area contributed by atoms with Gasteiger partial charge in [-0.25, -0.2) is 0 Å². The van der Waals surface area contributed by atoms with Crippen LogP contribution >= 0.6 is 0 Å². The van der Waals surface area contributed by atoms with E-state index in [1.54, 1.807) is 4.90 Å². The van der Waals surface area contributed by atoms with Crippen molar-refractivity contribution in [1.29, 1.82) is 0 Å². The fraction of sp³-hybridized carbons (Fsp3) is 0.643. The number of aromatic nitrogens is 1. The number of rotatable bonds is 2. The quantitative estimate of drug-likeness (QED) is 0.867. The van der Waals surface area contributed by atoms with Crippen LogP contribution in [0.3, 0.4) is 0 Å². The maximum atomic E-state index is 12.5. The third kappa shape index (κ3) is 2.05. The van der Waals surface area contributed by atoms with E-state index in [2.05, 4.69) is 4.57 Å². The van der Waals surface area contributed by atoms with Crippen LogP contribution in [-0.4, -0.2) is 39.7 Å². The van der Waals surface area contributed by atoms with E-state index >= 15 is 0 Å². The van der Waals surface area contributed by atoms with Crippen LogP contribution in [0.2, 0.25) is 0 Å². The Hall–Kier alpha value is -1.29. The lowest BCUT2D eigenvalue weighted by Gasteiger charge is -2.33. The number of nitrogens with zero attached hydrogens (tertiary/aromatic N) is 2. The van der Waals surface area contributed by atoms with E-state index in [0.717, 1.165) is 25.1 Å². The van der Waals surface area contributed by atoms with Gasteiger partial charge in [-0.1, -0.05) is 0 Å². The van der Waals surface area contributed by atoms with Crippen molar-refractivity contribution >= 4 is 5.91 Å². The van der Waals surface area contributed by atoms with Gasteiger partial charge in [-0.3, -0.25) is 4.79 Å². The van der Waals surface area contributed by atoms with Gasteiger partial charge < -0.3 is 14.6 Å². The minimum absolute atomic E-state index is 0.0747. The molecule has 1 atom stereocenters. The summed E-state index contributed by atoms with van der Waals surface area (Å²) >= 11 is 0. The number of hydrogen-bond donors (Lipinski definition) is 1. The first-order valence-electron chi connectivity index (χ1n) is 6.90. The Morgan fingerprint density at radius 1 is 1.28 bits per heavy atom. The number of β-amino-alcohol motifs (C(OH)–C–C–N with tert-alkyl or cyclic N) is 1. The monoisotopic (exact) mass is 248 g/mol.